The first-order valence-corrected chi connectivity index (χ1v) is 17.2. The number of halogens is 4. The third-order valence-corrected chi connectivity index (χ3v) is 9.62. The first-order valence-electron chi connectivity index (χ1n) is 14.9. The molecular weight excluding hydrogens is 775 g/mol. The maximum absolute atomic E-state index is 13.5. The van der Waals surface area contributed by atoms with Gasteiger partial charge in [-0.05, 0) is 84.5 Å². The van der Waals surface area contributed by atoms with Crippen molar-refractivity contribution in [2.75, 3.05) is 0 Å². The van der Waals surface area contributed by atoms with Gasteiger partial charge in [0, 0.05) is 26.0 Å². The van der Waals surface area contributed by atoms with Crippen LogP contribution < -0.4 is 21.3 Å². The zero-order valence-corrected chi connectivity index (χ0v) is 29.6. The van der Waals surface area contributed by atoms with Gasteiger partial charge in [-0.1, -0.05) is 97.5 Å². The van der Waals surface area contributed by atoms with E-state index in [2.05, 4.69) is 31.9 Å². The zero-order chi connectivity index (χ0) is 33.4. The average molecular weight is 798 g/mol. The Morgan fingerprint density at radius 2 is 1.17 bits per heavy atom. The molecule has 5 aromatic carbocycles. The minimum atomic E-state index is -0.403. The molecule has 1 aliphatic rings. The van der Waals surface area contributed by atoms with E-state index >= 15 is 0 Å². The third-order valence-electron chi connectivity index (χ3n) is 7.91. The summed E-state index contributed by atoms with van der Waals surface area (Å²) >= 11 is 20.0. The minimum absolute atomic E-state index is 0.0961. The molecule has 0 radical (unpaired) electrons. The largest absolute Gasteiger partial charge is 0.457 e. The van der Waals surface area contributed by atoms with Gasteiger partial charge < -0.3 is 4.74 Å². The Bertz CT molecular complexity index is 2430. The topological polar surface area (TPSA) is 54.7 Å². The Balaban J connectivity index is 1.32. The highest BCUT2D eigenvalue weighted by atomic mass is 79.9. The summed E-state index contributed by atoms with van der Waals surface area (Å²) in [5.41, 5.74) is 3.05. The van der Waals surface area contributed by atoms with Gasteiger partial charge in [0.25, 0.3) is 0 Å². The Kier molecular flexibility index (Phi) is 9.17. The molecule has 1 atom stereocenters. The summed E-state index contributed by atoms with van der Waals surface area (Å²) in [5, 5.41) is 1.26. The number of benzene rings is 4. The van der Waals surface area contributed by atoms with Crippen LogP contribution in [0.3, 0.4) is 0 Å². The van der Waals surface area contributed by atoms with Gasteiger partial charge in [0.05, 0.1) is 43.7 Å². The number of rotatable bonds is 6. The quantitative estimate of drug-likeness (QED) is 0.158. The normalized spacial score (nSPS) is 14.2. The van der Waals surface area contributed by atoms with E-state index in [0.717, 1.165) is 20.1 Å². The fourth-order valence-electron chi connectivity index (χ4n) is 5.49. The highest BCUT2D eigenvalue weighted by Crippen LogP contribution is 2.36. The number of hydrogen-bond acceptors (Lipinski definition) is 3. The van der Waals surface area contributed by atoms with E-state index in [9.17, 15) is 9.59 Å². The van der Waals surface area contributed by atoms with E-state index in [-0.39, 0.29) is 21.3 Å². The predicted octanol–water partition coefficient (Wildman–Crippen LogP) is 9.66. The van der Waals surface area contributed by atoms with Crippen LogP contribution in [-0.4, -0.2) is 0 Å². The lowest BCUT2D eigenvalue weighted by Gasteiger charge is -2.21. The van der Waals surface area contributed by atoms with Crippen LogP contribution in [0, 0.1) is 5.92 Å². The molecule has 0 amide bonds. The number of ether oxygens (including phenoxy) is 1. The lowest BCUT2D eigenvalue weighted by atomic mass is 9.97. The summed E-state index contributed by atoms with van der Waals surface area (Å²) < 4.78 is 14.4. The van der Waals surface area contributed by atoms with Gasteiger partial charge in [0.2, 0.25) is 10.9 Å². The van der Waals surface area contributed by atoms with Crippen LogP contribution in [0.15, 0.2) is 144 Å². The molecule has 1 aromatic heterocycles. The van der Waals surface area contributed by atoms with Gasteiger partial charge in [-0.3, -0.25) is 9.59 Å². The molecule has 0 fully saturated rings. The molecule has 0 saturated heterocycles. The Labute approximate surface area is 302 Å². The van der Waals surface area contributed by atoms with Crippen LogP contribution in [0.4, 0.5) is 0 Å². The summed E-state index contributed by atoms with van der Waals surface area (Å²) in [7, 11) is 0. The first-order chi connectivity index (χ1) is 23.2. The monoisotopic (exact) mass is 795 g/mol. The van der Waals surface area contributed by atoms with Gasteiger partial charge in [0.15, 0.2) is 0 Å². The molecule has 0 N–H and O–H groups in total. The highest BCUT2D eigenvalue weighted by molar-refractivity contribution is 9.10. The molecule has 6 aromatic rings. The van der Waals surface area contributed by atoms with Crippen LogP contribution in [-0.2, 0) is 4.74 Å². The SMILES string of the molecule is O=c1c(=Cc2cc(-c3ccc(Br)cc3)[o+]c(-c3ccccc3Cl)c2)c(=O)c1=CC1C=C(c2ccc(Br)cc2)OC(c2ccccc2Cl)=C1. The van der Waals surface area contributed by atoms with E-state index in [1.54, 1.807) is 30.4 Å². The molecule has 234 valence electrons. The minimum Gasteiger partial charge on any atom is -0.457 e. The fraction of sp³-hybridized carbons (Fsp3) is 0.0250. The maximum Gasteiger partial charge on any atom is 0.362 e. The van der Waals surface area contributed by atoms with Crippen LogP contribution in [0.2, 0.25) is 10.0 Å². The first kappa shape index (κ1) is 32.2. The number of hydrogen-bond donors (Lipinski definition) is 0. The van der Waals surface area contributed by atoms with Crippen LogP contribution in [0.1, 0.15) is 16.7 Å². The van der Waals surface area contributed by atoms with Crippen molar-refractivity contribution in [3.05, 3.63) is 188 Å². The van der Waals surface area contributed by atoms with Gasteiger partial charge in [-0.25, -0.2) is 4.42 Å². The molecule has 0 saturated carbocycles. The molecule has 8 heteroatoms. The van der Waals surface area contributed by atoms with E-state index in [0.29, 0.717) is 49.8 Å². The molecule has 1 unspecified atom stereocenters. The lowest BCUT2D eigenvalue weighted by molar-refractivity contribution is 0.458. The lowest BCUT2D eigenvalue weighted by Crippen LogP contribution is -2.64. The molecule has 48 heavy (non-hydrogen) atoms. The third kappa shape index (κ3) is 6.67. The highest BCUT2D eigenvalue weighted by Gasteiger charge is 2.23. The molecular formula is C40H23Br2Cl2O4+. The van der Waals surface area contributed by atoms with Crippen molar-refractivity contribution in [2.24, 2.45) is 5.92 Å². The van der Waals surface area contributed by atoms with Crippen molar-refractivity contribution in [1.29, 1.82) is 0 Å². The Morgan fingerprint density at radius 3 is 1.79 bits per heavy atom. The van der Waals surface area contributed by atoms with Crippen LogP contribution in [0.25, 0.3) is 46.3 Å². The van der Waals surface area contributed by atoms with Crippen molar-refractivity contribution in [3.63, 3.8) is 0 Å². The second-order valence-electron chi connectivity index (χ2n) is 11.1. The van der Waals surface area contributed by atoms with E-state index in [1.807, 2.05) is 103 Å². The summed E-state index contributed by atoms with van der Waals surface area (Å²) in [6.07, 6.45) is 7.04. The molecule has 4 nitrogen and oxygen atoms in total. The standard InChI is InChI=1S/C40H23Br2Cl2O4/c41-27-13-9-25(10-14-27)35-19-23(21-37(47-35)29-5-1-3-7-33(29)43)17-31-39(45)32(40(31)46)18-24-20-36(26-11-15-28(42)16-12-26)48-38(22-24)30-6-2-4-8-34(30)44/h1-23H/q+1. The molecule has 0 spiro atoms. The fourth-order valence-corrected chi connectivity index (χ4v) is 6.47. The van der Waals surface area contributed by atoms with E-state index in [1.165, 1.54) is 0 Å². The summed E-state index contributed by atoms with van der Waals surface area (Å²) in [4.78, 5) is 27.1. The van der Waals surface area contributed by atoms with Crippen LogP contribution in [0.5, 0.6) is 0 Å². The van der Waals surface area contributed by atoms with Crippen molar-refractivity contribution in [2.45, 2.75) is 0 Å². The van der Waals surface area contributed by atoms with Gasteiger partial charge >= 0.3 is 11.5 Å². The van der Waals surface area contributed by atoms with E-state index in [4.69, 9.17) is 32.4 Å². The van der Waals surface area contributed by atoms with Crippen LogP contribution >= 0.6 is 55.1 Å². The van der Waals surface area contributed by atoms with E-state index < -0.39 is 5.92 Å². The Hall–Kier alpha value is -4.33. The van der Waals surface area contributed by atoms with Crippen molar-refractivity contribution < 1.29 is 9.15 Å². The molecule has 0 aliphatic carbocycles. The zero-order valence-electron chi connectivity index (χ0n) is 24.9. The smallest absolute Gasteiger partial charge is 0.362 e. The summed E-state index contributed by atoms with van der Waals surface area (Å²) in [5.74, 6) is 1.80. The van der Waals surface area contributed by atoms with Gasteiger partial charge in [-0.15, -0.1) is 0 Å². The van der Waals surface area contributed by atoms with Crippen molar-refractivity contribution >= 4 is 78.7 Å². The van der Waals surface area contributed by atoms with Gasteiger partial charge in [-0.2, -0.15) is 0 Å². The molecule has 2 heterocycles. The second kappa shape index (κ2) is 13.7. The maximum atomic E-state index is 13.5. The molecule has 7 rings (SSSR count). The Morgan fingerprint density at radius 1 is 0.625 bits per heavy atom. The number of allylic oxidation sites excluding steroid dienone is 2. The molecule has 1 aliphatic heterocycles. The van der Waals surface area contributed by atoms with Gasteiger partial charge in [0.1, 0.15) is 11.5 Å². The summed E-state index contributed by atoms with van der Waals surface area (Å²) in [6, 6.07) is 33.7. The predicted molar refractivity (Wildman–Crippen MR) is 201 cm³/mol. The summed E-state index contributed by atoms with van der Waals surface area (Å²) in [6.45, 7) is 0. The molecule has 0 bridgehead atoms. The van der Waals surface area contributed by atoms with Crippen molar-refractivity contribution in [3.8, 4) is 22.6 Å². The average Bonchev–Trinajstić information content (AvgIpc) is 3.10. The van der Waals surface area contributed by atoms with Crippen molar-refractivity contribution in [1.82, 2.24) is 0 Å². The second-order valence-corrected chi connectivity index (χ2v) is 13.8.